The number of hydrogen-bond acceptors (Lipinski definition) is 6. The van der Waals surface area contributed by atoms with Crippen LogP contribution in [-0.2, 0) is 16.0 Å². The van der Waals surface area contributed by atoms with Crippen LogP contribution >= 0.6 is 0 Å². The summed E-state index contributed by atoms with van der Waals surface area (Å²) in [6.07, 6.45) is 0.323. The second-order valence-corrected chi connectivity index (χ2v) is 7.33. The minimum atomic E-state index is -0.778. The number of carbonyl (C=O) groups is 3. The lowest BCUT2D eigenvalue weighted by Gasteiger charge is -2.35. The Balaban J connectivity index is 1.45. The van der Waals surface area contributed by atoms with Crippen LogP contribution < -0.4 is 9.47 Å². The molecule has 0 atom stereocenters. The van der Waals surface area contributed by atoms with Gasteiger partial charge in [-0.2, -0.15) is 0 Å². The van der Waals surface area contributed by atoms with E-state index in [1.54, 1.807) is 43.2 Å². The molecule has 1 saturated heterocycles. The van der Waals surface area contributed by atoms with Gasteiger partial charge in [0.05, 0.1) is 13.7 Å². The fourth-order valence-corrected chi connectivity index (χ4v) is 3.45. The number of piperazine rings is 1. The van der Waals surface area contributed by atoms with Crippen LogP contribution in [0.2, 0.25) is 0 Å². The minimum Gasteiger partial charge on any atom is -0.497 e. The number of methoxy groups -OCH3 is 1. The standard InChI is InChI=1S/C24H28N2O6/c1-3-31-24(29)32-21-11-7-19(8-12-21)23(28)26-16-14-25(15-17-26)22(27)13-6-18-4-9-20(30-2)10-5-18/h4-5,7-12H,3,6,13-17H2,1-2H3. The van der Waals surface area contributed by atoms with Crippen LogP contribution in [0, 0.1) is 0 Å². The van der Waals surface area contributed by atoms with Gasteiger partial charge in [0.15, 0.2) is 0 Å². The summed E-state index contributed by atoms with van der Waals surface area (Å²) in [7, 11) is 1.62. The Hall–Kier alpha value is -3.55. The van der Waals surface area contributed by atoms with E-state index in [9.17, 15) is 14.4 Å². The van der Waals surface area contributed by atoms with E-state index in [1.807, 2.05) is 29.2 Å². The molecule has 0 N–H and O–H groups in total. The molecular formula is C24H28N2O6. The van der Waals surface area contributed by atoms with E-state index in [-0.39, 0.29) is 18.4 Å². The molecular weight excluding hydrogens is 412 g/mol. The van der Waals surface area contributed by atoms with Crippen molar-refractivity contribution in [3.05, 3.63) is 59.7 Å². The van der Waals surface area contributed by atoms with Gasteiger partial charge in [0.25, 0.3) is 5.91 Å². The Kier molecular flexibility index (Phi) is 8.08. The highest BCUT2D eigenvalue weighted by atomic mass is 16.7. The van der Waals surface area contributed by atoms with Crippen molar-refractivity contribution in [2.45, 2.75) is 19.8 Å². The maximum absolute atomic E-state index is 12.8. The van der Waals surface area contributed by atoms with Gasteiger partial charge in [0.2, 0.25) is 5.91 Å². The summed E-state index contributed by atoms with van der Waals surface area (Å²) in [4.78, 5) is 40.2. The van der Waals surface area contributed by atoms with E-state index < -0.39 is 6.16 Å². The second-order valence-electron chi connectivity index (χ2n) is 7.33. The monoisotopic (exact) mass is 440 g/mol. The molecule has 0 aliphatic carbocycles. The van der Waals surface area contributed by atoms with E-state index >= 15 is 0 Å². The van der Waals surface area contributed by atoms with Crippen LogP contribution in [0.3, 0.4) is 0 Å². The number of aryl methyl sites for hydroxylation is 1. The van der Waals surface area contributed by atoms with Crippen molar-refractivity contribution in [1.82, 2.24) is 9.80 Å². The summed E-state index contributed by atoms with van der Waals surface area (Å²) >= 11 is 0. The fraction of sp³-hybridized carbons (Fsp3) is 0.375. The zero-order valence-corrected chi connectivity index (χ0v) is 18.4. The molecule has 0 bridgehead atoms. The molecule has 8 heteroatoms. The molecule has 32 heavy (non-hydrogen) atoms. The third-order valence-corrected chi connectivity index (χ3v) is 5.27. The van der Waals surface area contributed by atoms with Crippen LogP contribution in [0.25, 0.3) is 0 Å². The topological polar surface area (TPSA) is 85.4 Å². The van der Waals surface area contributed by atoms with Crippen molar-refractivity contribution in [1.29, 1.82) is 0 Å². The van der Waals surface area contributed by atoms with Crippen molar-refractivity contribution < 1.29 is 28.6 Å². The predicted molar refractivity (Wildman–Crippen MR) is 118 cm³/mol. The summed E-state index contributed by atoms with van der Waals surface area (Å²) < 4.78 is 14.9. The van der Waals surface area contributed by atoms with Gasteiger partial charge in [-0.25, -0.2) is 4.79 Å². The maximum atomic E-state index is 12.8. The average Bonchev–Trinajstić information content (AvgIpc) is 2.83. The summed E-state index contributed by atoms with van der Waals surface area (Å²) in [5.41, 5.74) is 1.59. The molecule has 2 aromatic carbocycles. The molecule has 2 amide bonds. The lowest BCUT2D eigenvalue weighted by molar-refractivity contribution is -0.132. The largest absolute Gasteiger partial charge is 0.513 e. The summed E-state index contributed by atoms with van der Waals surface area (Å²) in [6.45, 7) is 3.90. The molecule has 2 aromatic rings. The van der Waals surface area contributed by atoms with Crippen LogP contribution in [-0.4, -0.2) is 67.7 Å². The smallest absolute Gasteiger partial charge is 0.497 e. The van der Waals surface area contributed by atoms with Crippen molar-refractivity contribution >= 4 is 18.0 Å². The predicted octanol–water partition coefficient (Wildman–Crippen LogP) is 3.15. The first-order valence-corrected chi connectivity index (χ1v) is 10.6. The zero-order chi connectivity index (χ0) is 22.9. The van der Waals surface area contributed by atoms with Crippen molar-refractivity contribution in [2.75, 3.05) is 39.9 Å². The summed E-state index contributed by atoms with van der Waals surface area (Å²) in [5.74, 6) is 1.08. The Morgan fingerprint density at radius 2 is 1.44 bits per heavy atom. The van der Waals surface area contributed by atoms with Gasteiger partial charge >= 0.3 is 6.16 Å². The van der Waals surface area contributed by atoms with E-state index in [4.69, 9.17) is 14.2 Å². The average molecular weight is 440 g/mol. The van der Waals surface area contributed by atoms with Gasteiger partial charge in [-0.1, -0.05) is 12.1 Å². The summed E-state index contributed by atoms with van der Waals surface area (Å²) in [6, 6.07) is 14.1. The first kappa shape index (κ1) is 23.1. The number of amides is 2. The van der Waals surface area contributed by atoms with Crippen LogP contribution in [0.5, 0.6) is 11.5 Å². The molecule has 0 saturated carbocycles. The van der Waals surface area contributed by atoms with Gasteiger partial charge in [0, 0.05) is 38.2 Å². The first-order valence-electron chi connectivity index (χ1n) is 10.6. The van der Waals surface area contributed by atoms with E-state index in [0.29, 0.717) is 50.3 Å². The van der Waals surface area contributed by atoms with Gasteiger partial charge in [-0.15, -0.1) is 0 Å². The molecule has 170 valence electrons. The number of rotatable bonds is 7. The quantitative estimate of drug-likeness (QED) is 0.486. The highest BCUT2D eigenvalue weighted by Gasteiger charge is 2.24. The number of benzene rings is 2. The SMILES string of the molecule is CCOC(=O)Oc1ccc(C(=O)N2CCN(C(=O)CCc3ccc(OC)cc3)CC2)cc1. The lowest BCUT2D eigenvalue weighted by atomic mass is 10.1. The van der Waals surface area contributed by atoms with Crippen molar-refractivity contribution in [3.8, 4) is 11.5 Å². The second kappa shape index (κ2) is 11.2. The van der Waals surface area contributed by atoms with Crippen molar-refractivity contribution in [2.24, 2.45) is 0 Å². The lowest BCUT2D eigenvalue weighted by Crippen LogP contribution is -2.50. The molecule has 0 unspecified atom stereocenters. The third kappa shape index (κ3) is 6.23. The molecule has 3 rings (SSSR count). The number of hydrogen-bond donors (Lipinski definition) is 0. The maximum Gasteiger partial charge on any atom is 0.513 e. The van der Waals surface area contributed by atoms with E-state index in [1.165, 1.54) is 0 Å². The van der Waals surface area contributed by atoms with Crippen LogP contribution in [0.4, 0.5) is 4.79 Å². The van der Waals surface area contributed by atoms with Gasteiger partial charge in [-0.05, 0) is 55.3 Å². The van der Waals surface area contributed by atoms with Gasteiger partial charge in [0.1, 0.15) is 11.5 Å². The van der Waals surface area contributed by atoms with Gasteiger partial charge in [-0.3, -0.25) is 9.59 Å². The highest BCUT2D eigenvalue weighted by Crippen LogP contribution is 2.17. The Morgan fingerprint density at radius 3 is 2.03 bits per heavy atom. The summed E-state index contributed by atoms with van der Waals surface area (Å²) in [5, 5.41) is 0. The molecule has 0 spiro atoms. The molecule has 1 fully saturated rings. The Bertz CT molecular complexity index is 919. The zero-order valence-electron chi connectivity index (χ0n) is 18.4. The highest BCUT2D eigenvalue weighted by molar-refractivity contribution is 5.94. The van der Waals surface area contributed by atoms with Crippen LogP contribution in [0.1, 0.15) is 29.3 Å². The fourth-order valence-electron chi connectivity index (χ4n) is 3.45. The first-order chi connectivity index (χ1) is 15.5. The van der Waals surface area contributed by atoms with Crippen LogP contribution in [0.15, 0.2) is 48.5 Å². The van der Waals surface area contributed by atoms with Crippen molar-refractivity contribution in [3.63, 3.8) is 0 Å². The van der Waals surface area contributed by atoms with E-state index in [0.717, 1.165) is 11.3 Å². The molecule has 1 heterocycles. The minimum absolute atomic E-state index is 0.0911. The molecule has 8 nitrogen and oxygen atoms in total. The number of carbonyl (C=O) groups excluding carboxylic acids is 3. The normalized spacial score (nSPS) is 13.4. The Morgan fingerprint density at radius 1 is 0.844 bits per heavy atom. The molecule has 0 aromatic heterocycles. The Labute approximate surface area is 187 Å². The number of nitrogens with zero attached hydrogens (tertiary/aromatic N) is 2. The molecule has 0 radical (unpaired) electrons. The number of ether oxygens (including phenoxy) is 3. The molecule has 1 aliphatic rings. The van der Waals surface area contributed by atoms with Gasteiger partial charge < -0.3 is 24.0 Å². The third-order valence-electron chi connectivity index (χ3n) is 5.27. The van der Waals surface area contributed by atoms with E-state index in [2.05, 4.69) is 0 Å². The molecule has 1 aliphatic heterocycles.